The van der Waals surface area contributed by atoms with Gasteiger partial charge in [-0.1, -0.05) is 32.4 Å². The zero-order valence-corrected chi connectivity index (χ0v) is 12.3. The fourth-order valence-electron chi connectivity index (χ4n) is 3.27. The van der Waals surface area contributed by atoms with Gasteiger partial charge in [0.25, 0.3) is 0 Å². The molecule has 1 aliphatic carbocycles. The number of nitrogens with two attached hydrogens (primary N) is 1. The van der Waals surface area contributed by atoms with Gasteiger partial charge in [0.15, 0.2) is 0 Å². The van der Waals surface area contributed by atoms with Crippen LogP contribution in [0.1, 0.15) is 49.8 Å². The molecule has 2 nitrogen and oxygen atoms in total. The number of ether oxygens (including phenoxy) is 1. The molecule has 18 heavy (non-hydrogen) atoms. The van der Waals surface area contributed by atoms with Crippen LogP contribution in [-0.2, 0) is 5.54 Å². The van der Waals surface area contributed by atoms with Crippen molar-refractivity contribution in [1.82, 2.24) is 0 Å². The molecule has 0 saturated heterocycles. The molecule has 1 unspecified atom stereocenters. The van der Waals surface area contributed by atoms with Crippen LogP contribution in [0, 0.1) is 19.3 Å². The topological polar surface area (TPSA) is 35.2 Å². The van der Waals surface area contributed by atoms with E-state index in [1.807, 2.05) is 0 Å². The predicted molar refractivity (Wildman–Crippen MR) is 76.0 cm³/mol. The van der Waals surface area contributed by atoms with Gasteiger partial charge in [-0.2, -0.15) is 0 Å². The summed E-state index contributed by atoms with van der Waals surface area (Å²) in [6.07, 6.45) is 3.41. The Balaban J connectivity index is 2.61. The van der Waals surface area contributed by atoms with Crippen LogP contribution in [0.4, 0.5) is 0 Å². The average molecular weight is 247 g/mol. The van der Waals surface area contributed by atoms with Crippen molar-refractivity contribution in [2.75, 3.05) is 7.11 Å². The summed E-state index contributed by atoms with van der Waals surface area (Å²) in [4.78, 5) is 0. The second-order valence-electron chi connectivity index (χ2n) is 6.30. The van der Waals surface area contributed by atoms with Crippen molar-refractivity contribution in [2.45, 2.75) is 52.5 Å². The lowest BCUT2D eigenvalue weighted by Crippen LogP contribution is -2.46. The summed E-state index contributed by atoms with van der Waals surface area (Å²) in [5.41, 5.74) is 10.3. The SMILES string of the molecule is COc1c(C2(N)CCCC2(C)C)ccc(C)c1C. The molecule has 1 atom stereocenters. The normalized spacial score (nSPS) is 26.3. The number of methoxy groups -OCH3 is 1. The number of hydrogen-bond acceptors (Lipinski definition) is 2. The van der Waals surface area contributed by atoms with Gasteiger partial charge >= 0.3 is 0 Å². The quantitative estimate of drug-likeness (QED) is 0.865. The molecule has 1 saturated carbocycles. The maximum absolute atomic E-state index is 6.77. The van der Waals surface area contributed by atoms with Gasteiger partial charge in [-0.05, 0) is 43.2 Å². The van der Waals surface area contributed by atoms with Crippen LogP contribution < -0.4 is 10.5 Å². The first-order valence-electron chi connectivity index (χ1n) is 6.77. The van der Waals surface area contributed by atoms with Crippen molar-refractivity contribution in [2.24, 2.45) is 11.1 Å². The molecule has 1 fully saturated rings. The standard InChI is InChI=1S/C16H25NO/c1-11-7-8-13(14(18-5)12(11)2)16(17)10-6-9-15(16,3)4/h7-8H,6,9-10,17H2,1-5H3. The van der Waals surface area contributed by atoms with E-state index >= 15 is 0 Å². The first-order chi connectivity index (χ1) is 8.33. The van der Waals surface area contributed by atoms with Crippen LogP contribution in [0.5, 0.6) is 5.75 Å². The molecule has 2 rings (SSSR count). The molecule has 0 radical (unpaired) electrons. The number of rotatable bonds is 2. The summed E-state index contributed by atoms with van der Waals surface area (Å²) >= 11 is 0. The van der Waals surface area contributed by atoms with Crippen LogP contribution in [0.15, 0.2) is 12.1 Å². The van der Waals surface area contributed by atoms with Gasteiger partial charge in [0.05, 0.1) is 7.11 Å². The third kappa shape index (κ3) is 1.74. The van der Waals surface area contributed by atoms with Crippen molar-refractivity contribution in [3.05, 3.63) is 28.8 Å². The maximum atomic E-state index is 6.77. The smallest absolute Gasteiger partial charge is 0.127 e. The maximum Gasteiger partial charge on any atom is 0.127 e. The fraction of sp³-hybridized carbons (Fsp3) is 0.625. The summed E-state index contributed by atoms with van der Waals surface area (Å²) in [5, 5.41) is 0. The van der Waals surface area contributed by atoms with Crippen LogP contribution >= 0.6 is 0 Å². The van der Waals surface area contributed by atoms with Gasteiger partial charge in [-0.15, -0.1) is 0 Å². The lowest BCUT2D eigenvalue weighted by atomic mass is 9.70. The number of aryl methyl sites for hydroxylation is 1. The molecule has 0 amide bonds. The lowest BCUT2D eigenvalue weighted by Gasteiger charge is -2.40. The van der Waals surface area contributed by atoms with E-state index in [1.54, 1.807) is 7.11 Å². The first-order valence-corrected chi connectivity index (χ1v) is 6.77. The highest BCUT2D eigenvalue weighted by Crippen LogP contribution is 2.53. The molecule has 2 N–H and O–H groups in total. The van der Waals surface area contributed by atoms with Crippen molar-refractivity contribution in [3.8, 4) is 5.75 Å². The molecule has 0 aromatic heterocycles. The molecule has 1 aromatic carbocycles. The minimum Gasteiger partial charge on any atom is -0.496 e. The molecular weight excluding hydrogens is 222 g/mol. The van der Waals surface area contributed by atoms with Gasteiger partial charge in [0.2, 0.25) is 0 Å². The molecule has 0 heterocycles. The predicted octanol–water partition coefficient (Wildman–Crippen LogP) is 3.68. The minimum atomic E-state index is -0.267. The zero-order valence-electron chi connectivity index (χ0n) is 12.3. The molecule has 1 aliphatic rings. The summed E-state index contributed by atoms with van der Waals surface area (Å²) < 4.78 is 5.65. The highest BCUT2D eigenvalue weighted by Gasteiger charge is 2.48. The van der Waals surface area contributed by atoms with E-state index in [9.17, 15) is 0 Å². The van der Waals surface area contributed by atoms with E-state index in [2.05, 4.69) is 39.8 Å². The number of hydrogen-bond donors (Lipinski definition) is 1. The molecule has 0 spiro atoms. The summed E-state index contributed by atoms with van der Waals surface area (Å²) in [7, 11) is 1.75. The first kappa shape index (κ1) is 13.4. The molecule has 0 bridgehead atoms. The Morgan fingerprint density at radius 2 is 1.83 bits per heavy atom. The van der Waals surface area contributed by atoms with Crippen molar-refractivity contribution < 1.29 is 4.74 Å². The van der Waals surface area contributed by atoms with E-state index in [1.165, 1.54) is 29.5 Å². The monoisotopic (exact) mass is 247 g/mol. The Bertz CT molecular complexity index is 464. The molecular formula is C16H25NO. The van der Waals surface area contributed by atoms with E-state index < -0.39 is 0 Å². The van der Waals surface area contributed by atoms with E-state index in [-0.39, 0.29) is 11.0 Å². The van der Waals surface area contributed by atoms with E-state index in [0.717, 1.165) is 12.2 Å². The van der Waals surface area contributed by atoms with Crippen LogP contribution in [-0.4, -0.2) is 7.11 Å². The molecule has 0 aliphatic heterocycles. The molecule has 100 valence electrons. The highest BCUT2D eigenvalue weighted by atomic mass is 16.5. The third-order valence-corrected chi connectivity index (χ3v) is 4.94. The van der Waals surface area contributed by atoms with Crippen LogP contribution in [0.2, 0.25) is 0 Å². The Kier molecular flexibility index (Phi) is 3.18. The summed E-state index contributed by atoms with van der Waals surface area (Å²) in [6.45, 7) is 8.77. The largest absolute Gasteiger partial charge is 0.496 e. The van der Waals surface area contributed by atoms with Crippen molar-refractivity contribution in [3.63, 3.8) is 0 Å². The van der Waals surface area contributed by atoms with Crippen LogP contribution in [0.3, 0.4) is 0 Å². The van der Waals surface area contributed by atoms with Gasteiger partial charge in [-0.3, -0.25) is 0 Å². The Hall–Kier alpha value is -1.02. The van der Waals surface area contributed by atoms with Gasteiger partial charge in [0, 0.05) is 11.1 Å². The van der Waals surface area contributed by atoms with E-state index in [4.69, 9.17) is 10.5 Å². The zero-order chi connectivity index (χ0) is 13.6. The Morgan fingerprint density at radius 1 is 1.17 bits per heavy atom. The average Bonchev–Trinajstić information content (AvgIpc) is 2.58. The second kappa shape index (κ2) is 4.27. The lowest BCUT2D eigenvalue weighted by molar-refractivity contribution is 0.204. The summed E-state index contributed by atoms with van der Waals surface area (Å²) in [5.74, 6) is 0.979. The van der Waals surface area contributed by atoms with Gasteiger partial charge < -0.3 is 10.5 Å². The van der Waals surface area contributed by atoms with Gasteiger partial charge in [-0.25, -0.2) is 0 Å². The number of benzene rings is 1. The van der Waals surface area contributed by atoms with Crippen molar-refractivity contribution >= 4 is 0 Å². The van der Waals surface area contributed by atoms with Crippen LogP contribution in [0.25, 0.3) is 0 Å². The molecule has 1 aromatic rings. The van der Waals surface area contributed by atoms with Crippen molar-refractivity contribution in [1.29, 1.82) is 0 Å². The molecule has 2 heteroatoms. The van der Waals surface area contributed by atoms with E-state index in [0.29, 0.717) is 0 Å². The summed E-state index contributed by atoms with van der Waals surface area (Å²) in [6, 6.07) is 4.32. The minimum absolute atomic E-state index is 0.127. The van der Waals surface area contributed by atoms with Gasteiger partial charge in [0.1, 0.15) is 5.75 Å². The third-order valence-electron chi connectivity index (χ3n) is 4.94. The Morgan fingerprint density at radius 3 is 2.33 bits per heavy atom. The fourth-order valence-corrected chi connectivity index (χ4v) is 3.27. The highest BCUT2D eigenvalue weighted by molar-refractivity contribution is 5.49. The Labute approximate surface area is 111 Å². The second-order valence-corrected chi connectivity index (χ2v) is 6.30.